The van der Waals surface area contributed by atoms with Gasteiger partial charge in [0.15, 0.2) is 0 Å². The van der Waals surface area contributed by atoms with Gasteiger partial charge in [-0.1, -0.05) is 13.8 Å². The molecule has 0 aliphatic carbocycles. The highest BCUT2D eigenvalue weighted by Gasteiger charge is 2.25. The molecule has 0 atom stereocenters. The largest absolute Gasteiger partial charge is 0.394 e. The van der Waals surface area contributed by atoms with Crippen LogP contribution >= 0.6 is 0 Å². The van der Waals surface area contributed by atoms with E-state index in [-0.39, 0.29) is 24.4 Å². The molecule has 0 saturated heterocycles. The molecule has 21 heavy (non-hydrogen) atoms. The van der Waals surface area contributed by atoms with Gasteiger partial charge >= 0.3 is 0 Å². The van der Waals surface area contributed by atoms with Crippen molar-refractivity contribution in [3.63, 3.8) is 0 Å². The van der Waals surface area contributed by atoms with E-state index in [1.807, 2.05) is 0 Å². The van der Waals surface area contributed by atoms with E-state index >= 15 is 0 Å². The first-order valence-corrected chi connectivity index (χ1v) is 7.56. The summed E-state index contributed by atoms with van der Waals surface area (Å²) in [4.78, 5) is 0. The maximum Gasteiger partial charge on any atom is 0.0696 e. The first kappa shape index (κ1) is 25.7. The van der Waals surface area contributed by atoms with Crippen LogP contribution in [0.3, 0.4) is 0 Å². The zero-order valence-corrected chi connectivity index (χ0v) is 15.4. The average Bonchev–Trinajstić information content (AvgIpc) is 2.45. The topological polar surface area (TPSA) is 68.2 Å². The van der Waals surface area contributed by atoms with Crippen LogP contribution in [-0.4, -0.2) is 62.1 Å². The van der Waals surface area contributed by atoms with Crippen molar-refractivity contribution in [3.05, 3.63) is 0 Å². The van der Waals surface area contributed by atoms with Crippen molar-refractivity contribution in [3.8, 4) is 0 Å². The zero-order valence-electron chi connectivity index (χ0n) is 15.4. The van der Waals surface area contributed by atoms with E-state index in [1.54, 1.807) is 14.2 Å². The van der Waals surface area contributed by atoms with Gasteiger partial charge in [-0.25, -0.2) is 0 Å². The molecular weight excluding hydrogens is 272 g/mol. The lowest BCUT2D eigenvalue weighted by Gasteiger charge is -2.34. The fourth-order valence-corrected chi connectivity index (χ4v) is 1.06. The lowest BCUT2D eigenvalue weighted by Crippen LogP contribution is -2.35. The summed E-state index contributed by atoms with van der Waals surface area (Å²) in [5.74, 6) is 0. The molecule has 0 heterocycles. The molecule has 0 aromatic carbocycles. The normalized spacial score (nSPS) is 11.1. The van der Waals surface area contributed by atoms with E-state index in [1.165, 1.54) is 0 Å². The van der Waals surface area contributed by atoms with Crippen LogP contribution in [0.4, 0.5) is 0 Å². The Morgan fingerprint density at radius 2 is 1.00 bits per heavy atom. The summed E-state index contributed by atoms with van der Waals surface area (Å²) in [6.45, 7) is 14.0. The Morgan fingerprint density at radius 1 is 0.714 bits per heavy atom. The van der Waals surface area contributed by atoms with Gasteiger partial charge in [0.2, 0.25) is 0 Å². The summed E-state index contributed by atoms with van der Waals surface area (Å²) in [5.41, 5.74) is 0.0546. The summed E-state index contributed by atoms with van der Waals surface area (Å²) >= 11 is 0. The third kappa shape index (κ3) is 25.1. The second-order valence-corrected chi connectivity index (χ2v) is 5.76. The molecule has 0 radical (unpaired) electrons. The summed E-state index contributed by atoms with van der Waals surface area (Å²) < 4.78 is 15.2. The molecule has 2 N–H and O–H groups in total. The van der Waals surface area contributed by atoms with Gasteiger partial charge in [-0.2, -0.15) is 0 Å². The number of hydrogen-bond acceptors (Lipinski definition) is 5. The summed E-state index contributed by atoms with van der Waals surface area (Å²) in [5, 5.41) is 15.2. The van der Waals surface area contributed by atoms with Gasteiger partial charge in [0.05, 0.1) is 37.6 Å². The molecule has 0 aromatic rings. The molecule has 0 aromatic heterocycles. The second kappa shape index (κ2) is 16.2. The van der Waals surface area contributed by atoms with Gasteiger partial charge in [-0.05, 0) is 40.5 Å². The Bertz CT molecular complexity index is 173. The molecule has 5 heteroatoms. The zero-order chi connectivity index (χ0) is 17.4. The van der Waals surface area contributed by atoms with Crippen LogP contribution in [0.25, 0.3) is 0 Å². The smallest absolute Gasteiger partial charge is 0.0696 e. The SMILES string of the molecule is CCC(C)(C)OC(C)(C)CC.COCCOC.OCCO. The van der Waals surface area contributed by atoms with E-state index in [0.717, 1.165) is 12.8 Å². The maximum atomic E-state index is 7.62. The Balaban J connectivity index is -0.000000272. The van der Waals surface area contributed by atoms with Crippen LogP contribution in [0.1, 0.15) is 54.4 Å². The molecule has 0 fully saturated rings. The number of ether oxygens (including phenoxy) is 3. The fraction of sp³-hybridized carbons (Fsp3) is 1.00. The number of aliphatic hydroxyl groups excluding tert-OH is 2. The van der Waals surface area contributed by atoms with Gasteiger partial charge < -0.3 is 24.4 Å². The third-order valence-electron chi connectivity index (χ3n) is 2.85. The lowest BCUT2D eigenvalue weighted by molar-refractivity contribution is -0.124. The predicted octanol–water partition coefficient (Wildman–Crippen LogP) is 2.63. The van der Waals surface area contributed by atoms with Crippen molar-refractivity contribution in [2.75, 3.05) is 40.6 Å². The van der Waals surface area contributed by atoms with Gasteiger partial charge in [0, 0.05) is 14.2 Å². The van der Waals surface area contributed by atoms with E-state index in [2.05, 4.69) is 51.0 Å². The van der Waals surface area contributed by atoms with Crippen LogP contribution in [-0.2, 0) is 14.2 Å². The Labute approximate surface area is 131 Å². The summed E-state index contributed by atoms with van der Waals surface area (Å²) in [6.07, 6.45) is 2.13. The Kier molecular flexibility index (Phi) is 19.8. The summed E-state index contributed by atoms with van der Waals surface area (Å²) in [6, 6.07) is 0. The minimum atomic E-state index is -0.125. The molecule has 0 amide bonds. The number of hydrogen-bond donors (Lipinski definition) is 2. The van der Waals surface area contributed by atoms with Crippen molar-refractivity contribution in [1.29, 1.82) is 0 Å². The molecule has 5 nitrogen and oxygen atoms in total. The van der Waals surface area contributed by atoms with Crippen molar-refractivity contribution in [2.45, 2.75) is 65.6 Å². The van der Waals surface area contributed by atoms with E-state index in [9.17, 15) is 0 Å². The van der Waals surface area contributed by atoms with Gasteiger partial charge in [-0.3, -0.25) is 0 Å². The van der Waals surface area contributed by atoms with Crippen LogP contribution in [0.2, 0.25) is 0 Å². The van der Waals surface area contributed by atoms with Crippen molar-refractivity contribution in [2.24, 2.45) is 0 Å². The number of methoxy groups -OCH3 is 2. The highest BCUT2D eigenvalue weighted by atomic mass is 16.5. The number of rotatable bonds is 8. The predicted molar refractivity (Wildman–Crippen MR) is 87.7 cm³/mol. The molecule has 0 rings (SSSR count). The highest BCUT2D eigenvalue weighted by Crippen LogP contribution is 2.24. The van der Waals surface area contributed by atoms with Gasteiger partial charge in [0.25, 0.3) is 0 Å². The molecule has 0 unspecified atom stereocenters. The van der Waals surface area contributed by atoms with Gasteiger partial charge in [-0.15, -0.1) is 0 Å². The van der Waals surface area contributed by atoms with Crippen molar-refractivity contribution >= 4 is 0 Å². The quantitative estimate of drug-likeness (QED) is 0.675. The van der Waals surface area contributed by atoms with Crippen LogP contribution in [0.15, 0.2) is 0 Å². The third-order valence-corrected chi connectivity index (χ3v) is 2.85. The summed E-state index contributed by atoms with van der Waals surface area (Å²) in [7, 11) is 3.30. The van der Waals surface area contributed by atoms with Crippen molar-refractivity contribution < 1.29 is 24.4 Å². The molecular formula is C16H38O5. The van der Waals surface area contributed by atoms with E-state index in [4.69, 9.17) is 14.9 Å². The molecule has 0 bridgehead atoms. The molecule has 0 aliphatic heterocycles. The average molecular weight is 310 g/mol. The first-order valence-electron chi connectivity index (χ1n) is 7.56. The Hall–Kier alpha value is -0.200. The second-order valence-electron chi connectivity index (χ2n) is 5.76. The minimum absolute atomic E-state index is 0.0273. The molecule has 0 aliphatic rings. The molecule has 0 saturated carbocycles. The van der Waals surface area contributed by atoms with Crippen molar-refractivity contribution in [1.82, 2.24) is 0 Å². The van der Waals surface area contributed by atoms with Crippen LogP contribution < -0.4 is 0 Å². The standard InChI is InChI=1S/C10H22O.C4H10O2.C2H6O2/c1-7-9(3,4)11-10(5,6)8-2;1-5-3-4-6-2;3-1-2-4/h7-8H2,1-6H3;3-4H2,1-2H3;3-4H,1-2H2. The molecule has 0 spiro atoms. The first-order chi connectivity index (χ1) is 9.66. The maximum absolute atomic E-state index is 7.62. The molecule has 132 valence electrons. The number of aliphatic hydroxyl groups is 2. The van der Waals surface area contributed by atoms with E-state index < -0.39 is 0 Å². The Morgan fingerprint density at radius 3 is 1.14 bits per heavy atom. The van der Waals surface area contributed by atoms with Crippen LogP contribution in [0.5, 0.6) is 0 Å². The monoisotopic (exact) mass is 310 g/mol. The van der Waals surface area contributed by atoms with Crippen LogP contribution in [0, 0.1) is 0 Å². The fourth-order valence-electron chi connectivity index (χ4n) is 1.06. The van der Waals surface area contributed by atoms with E-state index in [0.29, 0.717) is 13.2 Å². The lowest BCUT2D eigenvalue weighted by atomic mass is 10.0. The minimum Gasteiger partial charge on any atom is -0.394 e. The highest BCUT2D eigenvalue weighted by molar-refractivity contribution is 4.74. The van der Waals surface area contributed by atoms with Gasteiger partial charge in [0.1, 0.15) is 0 Å².